The Kier molecular flexibility index (Phi) is 13.8. The molecule has 14 nitrogen and oxygen atoms in total. The van der Waals surface area contributed by atoms with Gasteiger partial charge in [-0.3, -0.25) is 23.2 Å². The van der Waals surface area contributed by atoms with Crippen LogP contribution in [0.3, 0.4) is 0 Å². The number of fused-ring (bicyclic) bond motifs is 1. The summed E-state index contributed by atoms with van der Waals surface area (Å²) in [6.07, 6.45) is 0. The van der Waals surface area contributed by atoms with Gasteiger partial charge in [0.2, 0.25) is 5.91 Å². The first-order valence-electron chi connectivity index (χ1n) is 9.41. The maximum absolute atomic E-state index is 13.1. The predicted molar refractivity (Wildman–Crippen MR) is 144 cm³/mol. The van der Waals surface area contributed by atoms with Crippen molar-refractivity contribution >= 4 is 159 Å². The van der Waals surface area contributed by atoms with E-state index in [9.17, 15) is 48.5 Å². The molecule has 20 heteroatoms. The minimum atomic E-state index is -5.08. The first kappa shape index (κ1) is 38.4. The molecule has 0 aliphatic carbocycles. The van der Waals surface area contributed by atoms with Gasteiger partial charge in [0.25, 0.3) is 36.3 Å². The van der Waals surface area contributed by atoms with E-state index in [-0.39, 0.29) is 111 Å². The second-order valence-electron chi connectivity index (χ2n) is 7.32. The summed E-state index contributed by atoms with van der Waals surface area (Å²) in [6, 6.07) is 6.35. The van der Waals surface area contributed by atoms with Crippen molar-refractivity contribution in [1.82, 2.24) is 0 Å². The third kappa shape index (κ3) is 9.19. The topological polar surface area (TPSA) is 247 Å². The van der Waals surface area contributed by atoms with Crippen LogP contribution in [-0.2, 0) is 35.1 Å². The molecule has 0 atom stereocenters. The normalized spacial score (nSPS) is 11.4. The summed E-state index contributed by atoms with van der Waals surface area (Å²) in [5, 5.41) is 3.85. The maximum atomic E-state index is 13.1. The first-order valence-corrected chi connectivity index (χ1v) is 13.7. The van der Waals surface area contributed by atoms with E-state index in [0.717, 1.165) is 43.3 Å². The fourth-order valence-electron chi connectivity index (χ4n) is 3.29. The third-order valence-corrected chi connectivity index (χ3v) is 7.34. The summed E-state index contributed by atoms with van der Waals surface area (Å²) in [5.74, 6) is -1.87. The van der Waals surface area contributed by atoms with Gasteiger partial charge in [-0.2, -0.15) is 25.3 Å². The second-order valence-corrected chi connectivity index (χ2v) is 11.5. The first-order chi connectivity index (χ1) is 16.4. The van der Waals surface area contributed by atoms with E-state index in [2.05, 4.69) is 10.6 Å². The van der Waals surface area contributed by atoms with E-state index in [1.165, 1.54) is 0 Å². The molecule has 0 saturated carbocycles. The number of anilines is 3. The largest absolute Gasteiger partial charge is 0.399 e. The van der Waals surface area contributed by atoms with Gasteiger partial charge in [0.15, 0.2) is 0 Å². The molecule has 0 aliphatic rings. The Bertz CT molecular complexity index is 1780. The van der Waals surface area contributed by atoms with Crippen LogP contribution in [0.15, 0.2) is 57.2 Å². The average molecular weight is 629 g/mol. The van der Waals surface area contributed by atoms with Crippen LogP contribution in [0, 0.1) is 0 Å². The van der Waals surface area contributed by atoms with Crippen LogP contribution in [0.5, 0.6) is 0 Å². The zero-order valence-electron chi connectivity index (χ0n) is 21.0. The molecule has 39 heavy (non-hydrogen) atoms. The Morgan fingerprint density at radius 3 is 1.77 bits per heavy atom. The number of carbonyl (C=O) groups excluding carboxylic acids is 2. The van der Waals surface area contributed by atoms with Crippen molar-refractivity contribution in [2.45, 2.75) is 21.6 Å². The van der Waals surface area contributed by atoms with Crippen molar-refractivity contribution in [1.29, 1.82) is 0 Å². The summed E-state index contributed by atoms with van der Waals surface area (Å²) in [5.41, 5.74) is 4.18. The Morgan fingerprint density at radius 1 is 0.718 bits per heavy atom. The van der Waals surface area contributed by atoms with Crippen LogP contribution < -0.4 is 16.4 Å². The fourth-order valence-corrected chi connectivity index (χ4v) is 5.35. The number of nitrogens with one attached hydrogen (secondary N) is 2. The van der Waals surface area contributed by atoms with E-state index in [4.69, 9.17) is 5.73 Å². The molecule has 0 spiro atoms. The summed E-state index contributed by atoms with van der Waals surface area (Å²) < 4.78 is 99.6. The minimum absolute atomic E-state index is 0. The number of carbonyl (C=O) groups is 2. The quantitative estimate of drug-likeness (QED) is 0.122. The van der Waals surface area contributed by atoms with E-state index >= 15 is 0 Å². The molecule has 7 N–H and O–H groups in total. The molecule has 0 aliphatic heterocycles. The van der Waals surface area contributed by atoms with Gasteiger partial charge >= 0.3 is 0 Å². The van der Waals surface area contributed by atoms with Crippen molar-refractivity contribution in [2.24, 2.45) is 0 Å². The van der Waals surface area contributed by atoms with Gasteiger partial charge in [-0.1, -0.05) is 6.07 Å². The van der Waals surface area contributed by atoms with Crippen molar-refractivity contribution in [2.75, 3.05) is 16.4 Å². The number of rotatable bonds is 6. The molecule has 0 fully saturated rings. The molecular weight excluding hydrogens is 611 g/mol. The van der Waals surface area contributed by atoms with E-state index < -0.39 is 68.1 Å². The van der Waals surface area contributed by atoms with Gasteiger partial charge in [-0.15, -0.1) is 0 Å². The standard InChI is InChI=1S/C19H17N3O11S3.3Na/c1-9(23)21-15-5-4-12-14(7-11(34(25,26)27)8-17(12)36(31,32)33)18(15)22-19(24)13-3-2-10(20)6-16(13)35(28,29)30;;;/h2-8H,20H2,1H3,(H,21,23)(H,22,24)(H,25,26,27)(H,28,29,30)(H,31,32,33);;;. The molecule has 3 aromatic carbocycles. The Morgan fingerprint density at radius 2 is 1.28 bits per heavy atom. The molecule has 0 bridgehead atoms. The zero-order valence-corrected chi connectivity index (χ0v) is 29.4. The van der Waals surface area contributed by atoms with E-state index in [1.807, 2.05) is 0 Å². The number of hydrogen-bond donors (Lipinski definition) is 6. The van der Waals surface area contributed by atoms with Crippen molar-refractivity contribution in [3.05, 3.63) is 48.0 Å². The van der Waals surface area contributed by atoms with Crippen LogP contribution in [-0.4, -0.2) is 139 Å². The molecular formula is C19H17N3Na3O11S3. The molecule has 3 rings (SSSR count). The van der Waals surface area contributed by atoms with E-state index in [0.29, 0.717) is 6.07 Å². The predicted octanol–water partition coefficient (Wildman–Crippen LogP) is 0.230. The number of benzene rings is 3. The van der Waals surface area contributed by atoms with Gasteiger partial charge in [0.05, 0.1) is 21.8 Å². The third-order valence-electron chi connectivity index (χ3n) is 4.72. The van der Waals surface area contributed by atoms with Crippen molar-refractivity contribution < 1.29 is 48.5 Å². The van der Waals surface area contributed by atoms with E-state index in [1.54, 1.807) is 0 Å². The zero-order chi connectivity index (χ0) is 27.2. The van der Waals surface area contributed by atoms with Gasteiger partial charge in [0.1, 0.15) is 9.79 Å². The van der Waals surface area contributed by atoms with Crippen molar-refractivity contribution in [3.63, 3.8) is 0 Å². The summed E-state index contributed by atoms with van der Waals surface area (Å²) >= 11 is 0. The summed E-state index contributed by atoms with van der Waals surface area (Å²) in [4.78, 5) is 22.0. The number of hydrogen-bond acceptors (Lipinski definition) is 9. The van der Waals surface area contributed by atoms with Crippen molar-refractivity contribution in [3.8, 4) is 0 Å². The van der Waals surface area contributed by atoms with Crippen LogP contribution in [0.2, 0.25) is 0 Å². The molecule has 0 aromatic heterocycles. The summed E-state index contributed by atoms with van der Waals surface area (Å²) in [7, 11) is -15.1. The van der Waals surface area contributed by atoms with Gasteiger partial charge < -0.3 is 16.4 Å². The minimum Gasteiger partial charge on any atom is -0.399 e. The fraction of sp³-hybridized carbons (Fsp3) is 0.0526. The Balaban J connectivity index is 0.00000481. The molecule has 3 radical (unpaired) electrons. The molecule has 0 heterocycles. The smallest absolute Gasteiger partial charge is 0.295 e. The molecule has 0 unspecified atom stereocenters. The summed E-state index contributed by atoms with van der Waals surface area (Å²) in [6.45, 7) is 1.09. The second kappa shape index (κ2) is 14.0. The molecule has 2 amide bonds. The van der Waals surface area contributed by atoms with Gasteiger partial charge in [-0.05, 0) is 36.4 Å². The molecule has 195 valence electrons. The number of amides is 2. The van der Waals surface area contributed by atoms with Crippen LogP contribution >= 0.6 is 0 Å². The van der Waals surface area contributed by atoms with Crippen LogP contribution in [0.25, 0.3) is 10.8 Å². The van der Waals surface area contributed by atoms with Crippen LogP contribution in [0.4, 0.5) is 17.1 Å². The maximum Gasteiger partial charge on any atom is 0.295 e. The number of nitrogens with two attached hydrogens (primary N) is 1. The van der Waals surface area contributed by atoms with Crippen LogP contribution in [0.1, 0.15) is 17.3 Å². The Hall–Kier alpha value is -0.610. The van der Waals surface area contributed by atoms with Gasteiger partial charge in [-0.25, -0.2) is 0 Å². The molecule has 3 aromatic rings. The van der Waals surface area contributed by atoms with Gasteiger partial charge in [0, 0.05) is 112 Å². The number of nitrogen functional groups attached to an aromatic ring is 1. The monoisotopic (exact) mass is 628 g/mol. The average Bonchev–Trinajstić information content (AvgIpc) is 2.72. The Labute approximate surface area is 289 Å². The SMILES string of the molecule is CC(=O)Nc1ccc2c(S(=O)(=O)O)cc(S(=O)(=O)O)cc2c1NC(=O)c1ccc(N)cc1S(=O)(=O)O.[Na].[Na].[Na]. The molecule has 0 saturated heterocycles.